The van der Waals surface area contributed by atoms with Crippen LogP contribution in [0.1, 0.15) is 49.2 Å². The fraction of sp³-hybridized carbons (Fsp3) is 0.467. The average molecular weight is 259 g/mol. The Balaban J connectivity index is 2.05. The van der Waals surface area contributed by atoms with Gasteiger partial charge < -0.3 is 10.3 Å². The van der Waals surface area contributed by atoms with Gasteiger partial charge in [0.15, 0.2) is 5.82 Å². The van der Waals surface area contributed by atoms with Crippen LogP contribution < -0.4 is 5.73 Å². The van der Waals surface area contributed by atoms with Crippen LogP contribution in [-0.4, -0.2) is 10.1 Å². The average Bonchev–Trinajstić information content (AvgIpc) is 2.76. The van der Waals surface area contributed by atoms with Crippen molar-refractivity contribution in [3.63, 3.8) is 0 Å². The number of rotatable bonds is 5. The highest BCUT2D eigenvalue weighted by atomic mass is 16.5. The molecule has 1 heterocycles. The molecular weight excluding hydrogens is 238 g/mol. The number of hydrogen-bond acceptors (Lipinski definition) is 4. The van der Waals surface area contributed by atoms with E-state index < -0.39 is 0 Å². The molecule has 0 aliphatic carbocycles. The predicted molar refractivity (Wildman–Crippen MR) is 74.7 cm³/mol. The van der Waals surface area contributed by atoms with Gasteiger partial charge in [-0.15, -0.1) is 0 Å². The smallest absolute Gasteiger partial charge is 0.243 e. The van der Waals surface area contributed by atoms with Gasteiger partial charge in [0.2, 0.25) is 5.89 Å². The second kappa shape index (κ2) is 5.97. The first-order valence-corrected chi connectivity index (χ1v) is 6.68. The Kier molecular flexibility index (Phi) is 4.32. The van der Waals surface area contributed by atoms with Crippen LogP contribution in [0.25, 0.3) is 0 Å². The van der Waals surface area contributed by atoms with Crippen molar-refractivity contribution in [1.82, 2.24) is 10.1 Å². The van der Waals surface area contributed by atoms with Gasteiger partial charge in [-0.2, -0.15) is 4.98 Å². The summed E-state index contributed by atoms with van der Waals surface area (Å²) in [6, 6.07) is 8.14. The molecule has 19 heavy (non-hydrogen) atoms. The molecule has 1 aromatic carbocycles. The molecule has 1 atom stereocenters. The Morgan fingerprint density at radius 1 is 1.32 bits per heavy atom. The van der Waals surface area contributed by atoms with Crippen LogP contribution in [0.3, 0.4) is 0 Å². The van der Waals surface area contributed by atoms with Crippen molar-refractivity contribution in [3.05, 3.63) is 47.1 Å². The maximum atomic E-state index is 6.03. The van der Waals surface area contributed by atoms with E-state index in [9.17, 15) is 0 Å². The predicted octanol–water partition coefficient (Wildman–Crippen LogP) is 3.01. The molecule has 0 saturated carbocycles. The highest BCUT2D eigenvalue weighted by Gasteiger charge is 2.16. The van der Waals surface area contributed by atoms with E-state index in [2.05, 4.69) is 49.1 Å². The van der Waals surface area contributed by atoms with Gasteiger partial charge in [-0.25, -0.2) is 0 Å². The molecule has 0 bridgehead atoms. The molecular formula is C15H21N3O. The Labute approximate surface area is 114 Å². The van der Waals surface area contributed by atoms with E-state index in [-0.39, 0.29) is 6.04 Å². The SMILES string of the molecule is Cc1cccc(Cc2noc(C(N)CC(C)C)n2)c1. The third kappa shape index (κ3) is 3.89. The Morgan fingerprint density at radius 3 is 2.79 bits per heavy atom. The summed E-state index contributed by atoms with van der Waals surface area (Å²) in [7, 11) is 0. The molecule has 102 valence electrons. The maximum Gasteiger partial charge on any atom is 0.243 e. The first-order valence-electron chi connectivity index (χ1n) is 6.68. The molecule has 0 radical (unpaired) electrons. The van der Waals surface area contributed by atoms with Gasteiger partial charge in [0.1, 0.15) is 0 Å². The van der Waals surface area contributed by atoms with Crippen molar-refractivity contribution in [2.45, 2.75) is 39.7 Å². The van der Waals surface area contributed by atoms with E-state index >= 15 is 0 Å². The van der Waals surface area contributed by atoms with Gasteiger partial charge in [0.25, 0.3) is 0 Å². The number of nitrogens with zero attached hydrogens (tertiary/aromatic N) is 2. The Hall–Kier alpha value is -1.68. The molecule has 2 rings (SSSR count). The van der Waals surface area contributed by atoms with Crippen molar-refractivity contribution in [2.24, 2.45) is 11.7 Å². The van der Waals surface area contributed by atoms with Gasteiger partial charge in [-0.1, -0.05) is 48.8 Å². The van der Waals surface area contributed by atoms with E-state index in [1.54, 1.807) is 0 Å². The van der Waals surface area contributed by atoms with Gasteiger partial charge >= 0.3 is 0 Å². The number of benzene rings is 1. The monoisotopic (exact) mass is 259 g/mol. The van der Waals surface area contributed by atoms with E-state index in [0.717, 1.165) is 6.42 Å². The lowest BCUT2D eigenvalue weighted by molar-refractivity contribution is 0.333. The highest BCUT2D eigenvalue weighted by molar-refractivity contribution is 5.24. The zero-order valence-electron chi connectivity index (χ0n) is 11.8. The normalized spacial score (nSPS) is 12.9. The molecule has 0 spiro atoms. The lowest BCUT2D eigenvalue weighted by Crippen LogP contribution is -2.13. The van der Waals surface area contributed by atoms with Crippen molar-refractivity contribution in [1.29, 1.82) is 0 Å². The zero-order valence-corrected chi connectivity index (χ0v) is 11.8. The summed E-state index contributed by atoms with van der Waals surface area (Å²) < 4.78 is 5.24. The minimum atomic E-state index is -0.168. The molecule has 2 N–H and O–H groups in total. The van der Waals surface area contributed by atoms with E-state index in [0.29, 0.717) is 24.1 Å². The fourth-order valence-electron chi connectivity index (χ4n) is 2.10. The van der Waals surface area contributed by atoms with Crippen molar-refractivity contribution in [2.75, 3.05) is 0 Å². The maximum absolute atomic E-state index is 6.03. The zero-order chi connectivity index (χ0) is 13.8. The van der Waals surface area contributed by atoms with E-state index in [4.69, 9.17) is 10.3 Å². The Morgan fingerprint density at radius 2 is 2.11 bits per heavy atom. The quantitative estimate of drug-likeness (QED) is 0.896. The largest absolute Gasteiger partial charge is 0.338 e. The number of hydrogen-bond donors (Lipinski definition) is 1. The van der Waals surface area contributed by atoms with Crippen LogP contribution >= 0.6 is 0 Å². The third-order valence-corrected chi connectivity index (χ3v) is 2.97. The van der Waals surface area contributed by atoms with E-state index in [1.807, 2.05) is 6.07 Å². The first kappa shape index (κ1) is 13.7. The molecule has 4 heteroatoms. The van der Waals surface area contributed by atoms with Crippen LogP contribution in [0, 0.1) is 12.8 Å². The third-order valence-electron chi connectivity index (χ3n) is 2.97. The molecule has 2 aromatic rings. The minimum absolute atomic E-state index is 0.168. The summed E-state index contributed by atoms with van der Waals surface area (Å²) in [6.45, 7) is 6.33. The topological polar surface area (TPSA) is 64.9 Å². The van der Waals surface area contributed by atoms with Gasteiger partial charge in [-0.05, 0) is 24.8 Å². The molecule has 0 aliphatic rings. The van der Waals surface area contributed by atoms with Crippen molar-refractivity contribution < 1.29 is 4.52 Å². The standard InChI is InChI=1S/C15H21N3O/c1-10(2)7-13(16)15-17-14(18-19-15)9-12-6-4-5-11(3)8-12/h4-6,8,10,13H,7,9,16H2,1-3H3. The Bertz CT molecular complexity index is 534. The molecule has 0 saturated heterocycles. The highest BCUT2D eigenvalue weighted by Crippen LogP contribution is 2.17. The number of nitrogens with two attached hydrogens (primary N) is 1. The molecule has 1 aromatic heterocycles. The van der Waals surface area contributed by atoms with Crippen LogP contribution in [-0.2, 0) is 6.42 Å². The van der Waals surface area contributed by atoms with Gasteiger partial charge in [0, 0.05) is 6.42 Å². The summed E-state index contributed by atoms with van der Waals surface area (Å²) in [5, 5.41) is 4.00. The lowest BCUT2D eigenvalue weighted by Gasteiger charge is -2.08. The fourth-order valence-corrected chi connectivity index (χ4v) is 2.10. The molecule has 0 amide bonds. The van der Waals surface area contributed by atoms with Crippen molar-refractivity contribution >= 4 is 0 Å². The van der Waals surface area contributed by atoms with Gasteiger partial charge in [-0.3, -0.25) is 0 Å². The summed E-state index contributed by atoms with van der Waals surface area (Å²) in [4.78, 5) is 4.39. The number of aryl methyl sites for hydroxylation is 1. The summed E-state index contributed by atoms with van der Waals surface area (Å²) in [5.74, 6) is 1.75. The second-order valence-corrected chi connectivity index (χ2v) is 5.45. The first-order chi connectivity index (χ1) is 9.04. The number of aromatic nitrogens is 2. The summed E-state index contributed by atoms with van der Waals surface area (Å²) >= 11 is 0. The van der Waals surface area contributed by atoms with Crippen LogP contribution in [0.5, 0.6) is 0 Å². The van der Waals surface area contributed by atoms with Crippen molar-refractivity contribution in [3.8, 4) is 0 Å². The van der Waals surface area contributed by atoms with Gasteiger partial charge in [0.05, 0.1) is 6.04 Å². The van der Waals surface area contributed by atoms with Crippen LogP contribution in [0.2, 0.25) is 0 Å². The summed E-state index contributed by atoms with van der Waals surface area (Å²) in [6.07, 6.45) is 1.53. The van der Waals surface area contributed by atoms with E-state index in [1.165, 1.54) is 11.1 Å². The minimum Gasteiger partial charge on any atom is -0.338 e. The second-order valence-electron chi connectivity index (χ2n) is 5.45. The molecule has 0 fully saturated rings. The summed E-state index contributed by atoms with van der Waals surface area (Å²) in [5.41, 5.74) is 8.45. The molecule has 0 aliphatic heterocycles. The molecule has 4 nitrogen and oxygen atoms in total. The lowest BCUT2D eigenvalue weighted by atomic mass is 10.0. The van der Waals surface area contributed by atoms with Crippen LogP contribution in [0.15, 0.2) is 28.8 Å². The van der Waals surface area contributed by atoms with Crippen LogP contribution in [0.4, 0.5) is 0 Å². The molecule has 1 unspecified atom stereocenters.